The lowest BCUT2D eigenvalue weighted by Gasteiger charge is -2.39. The smallest absolute Gasteiger partial charge is 0.405 e. The normalized spacial score (nSPS) is 24.5. The predicted octanol–water partition coefficient (Wildman–Crippen LogP) is 1.17. The Balaban J connectivity index is 2.29. The lowest BCUT2D eigenvalue weighted by Crippen LogP contribution is -2.57. The maximum Gasteiger partial charge on any atom is 0.573 e. The van der Waals surface area contributed by atoms with Crippen LogP contribution in [0.4, 0.5) is 13.2 Å². The summed E-state index contributed by atoms with van der Waals surface area (Å²) in [6, 6.07) is 4.10. The number of hydrogen-bond donors (Lipinski definition) is 2. The molecule has 24 heavy (non-hydrogen) atoms. The van der Waals surface area contributed by atoms with Crippen molar-refractivity contribution in [2.75, 3.05) is 19.8 Å². The Morgan fingerprint density at radius 1 is 1.33 bits per heavy atom. The third kappa shape index (κ3) is 4.16. The van der Waals surface area contributed by atoms with Crippen molar-refractivity contribution in [1.29, 1.82) is 0 Å². The van der Waals surface area contributed by atoms with E-state index in [1.54, 1.807) is 6.92 Å². The molecule has 9 heteroatoms. The molecule has 1 aliphatic heterocycles. The predicted molar refractivity (Wildman–Crippen MR) is 76.5 cm³/mol. The fourth-order valence-corrected chi connectivity index (χ4v) is 2.58. The molecule has 2 N–H and O–H groups in total. The molecule has 0 aliphatic carbocycles. The van der Waals surface area contributed by atoms with E-state index >= 15 is 0 Å². The van der Waals surface area contributed by atoms with E-state index in [1.807, 2.05) is 0 Å². The van der Waals surface area contributed by atoms with Crippen molar-refractivity contribution in [3.63, 3.8) is 0 Å². The first-order chi connectivity index (χ1) is 11.2. The van der Waals surface area contributed by atoms with Crippen LogP contribution in [-0.2, 0) is 4.74 Å². The molecule has 1 amide bonds. The Labute approximate surface area is 136 Å². The number of aliphatic hydroxyl groups is 2. The molecule has 3 atom stereocenters. The van der Waals surface area contributed by atoms with Crippen molar-refractivity contribution in [3.8, 4) is 5.75 Å². The summed E-state index contributed by atoms with van der Waals surface area (Å²) in [5.74, 6) is -1.38. The first kappa shape index (κ1) is 18.5. The number of hydrogen-bond acceptors (Lipinski definition) is 5. The Bertz CT molecular complexity index is 580. The molecule has 6 nitrogen and oxygen atoms in total. The molecule has 1 heterocycles. The van der Waals surface area contributed by atoms with Gasteiger partial charge in [0.15, 0.2) is 0 Å². The van der Waals surface area contributed by atoms with Crippen LogP contribution >= 0.6 is 0 Å². The third-order valence-electron chi connectivity index (χ3n) is 3.71. The summed E-state index contributed by atoms with van der Waals surface area (Å²) in [5, 5.41) is 19.7. The molecular formula is C15H18F3NO5. The lowest BCUT2D eigenvalue weighted by molar-refractivity contribution is -0.274. The minimum atomic E-state index is -4.93. The summed E-state index contributed by atoms with van der Waals surface area (Å²) < 4.78 is 46.5. The highest BCUT2D eigenvalue weighted by molar-refractivity contribution is 5.97. The zero-order chi connectivity index (χ0) is 17.9. The fraction of sp³-hybridized carbons (Fsp3) is 0.533. The van der Waals surface area contributed by atoms with Crippen LogP contribution in [0.2, 0.25) is 0 Å². The number of aliphatic hydroxyl groups excluding tert-OH is 2. The molecule has 0 aromatic heterocycles. The van der Waals surface area contributed by atoms with E-state index in [9.17, 15) is 28.2 Å². The Hall–Kier alpha value is -1.84. The van der Waals surface area contributed by atoms with Gasteiger partial charge in [-0.05, 0) is 19.1 Å². The number of ether oxygens (including phenoxy) is 2. The van der Waals surface area contributed by atoms with Gasteiger partial charge in [-0.3, -0.25) is 4.79 Å². The summed E-state index contributed by atoms with van der Waals surface area (Å²) in [5.41, 5.74) is -0.288. The van der Waals surface area contributed by atoms with Crippen molar-refractivity contribution in [3.05, 3.63) is 29.8 Å². The molecule has 0 spiro atoms. The van der Waals surface area contributed by atoms with Crippen molar-refractivity contribution in [2.24, 2.45) is 0 Å². The number of para-hydroxylation sites is 1. The van der Waals surface area contributed by atoms with Gasteiger partial charge in [-0.15, -0.1) is 13.2 Å². The number of amides is 1. The van der Waals surface area contributed by atoms with Crippen LogP contribution in [0.5, 0.6) is 5.75 Å². The number of likely N-dealkylation sites (N-methyl/N-ethyl adjacent to an activating group) is 1. The van der Waals surface area contributed by atoms with Crippen molar-refractivity contribution < 1.29 is 37.7 Å². The molecule has 0 saturated carbocycles. The van der Waals surface area contributed by atoms with Crippen LogP contribution in [0, 0.1) is 0 Å². The molecule has 1 aromatic carbocycles. The molecule has 0 unspecified atom stereocenters. The molecule has 1 saturated heterocycles. The molecule has 1 aliphatic rings. The van der Waals surface area contributed by atoms with Gasteiger partial charge in [0.05, 0.1) is 24.8 Å². The summed E-state index contributed by atoms with van der Waals surface area (Å²) in [4.78, 5) is 13.8. The summed E-state index contributed by atoms with van der Waals surface area (Å²) >= 11 is 0. The molecule has 134 valence electrons. The average molecular weight is 349 g/mol. The fourth-order valence-electron chi connectivity index (χ4n) is 2.58. The van der Waals surface area contributed by atoms with E-state index < -0.39 is 36.3 Å². The summed E-state index contributed by atoms with van der Waals surface area (Å²) in [7, 11) is 0. The van der Waals surface area contributed by atoms with Crippen LogP contribution in [0.3, 0.4) is 0 Å². The van der Waals surface area contributed by atoms with E-state index in [-0.39, 0.29) is 25.3 Å². The van der Waals surface area contributed by atoms with E-state index in [2.05, 4.69) is 4.74 Å². The Morgan fingerprint density at radius 3 is 2.62 bits per heavy atom. The van der Waals surface area contributed by atoms with E-state index in [1.165, 1.54) is 18.2 Å². The molecule has 1 aromatic rings. The largest absolute Gasteiger partial charge is 0.573 e. The second-order valence-electron chi connectivity index (χ2n) is 5.30. The number of benzene rings is 1. The average Bonchev–Trinajstić information content (AvgIpc) is 2.51. The first-order valence-electron chi connectivity index (χ1n) is 7.34. The molecule has 1 fully saturated rings. The highest BCUT2D eigenvalue weighted by Crippen LogP contribution is 2.28. The van der Waals surface area contributed by atoms with Gasteiger partial charge < -0.3 is 24.6 Å². The topological polar surface area (TPSA) is 79.2 Å². The molecule has 2 rings (SSSR count). The highest BCUT2D eigenvalue weighted by Gasteiger charge is 2.39. The van der Waals surface area contributed by atoms with Crippen LogP contribution in [-0.4, -0.2) is 65.4 Å². The second-order valence-corrected chi connectivity index (χ2v) is 5.30. The minimum absolute atomic E-state index is 0.0277. The molecule has 0 bridgehead atoms. The number of nitrogens with zero attached hydrogens (tertiary/aromatic N) is 1. The Morgan fingerprint density at radius 2 is 2.00 bits per heavy atom. The van der Waals surface area contributed by atoms with Gasteiger partial charge in [-0.25, -0.2) is 0 Å². The van der Waals surface area contributed by atoms with Gasteiger partial charge in [0.25, 0.3) is 5.91 Å². The lowest BCUT2D eigenvalue weighted by atomic mass is 10.0. The van der Waals surface area contributed by atoms with Crippen LogP contribution in [0.1, 0.15) is 17.3 Å². The maximum atomic E-state index is 12.7. The number of carbonyl (C=O) groups is 1. The third-order valence-corrected chi connectivity index (χ3v) is 3.71. The maximum absolute atomic E-state index is 12.7. The van der Waals surface area contributed by atoms with Crippen LogP contribution < -0.4 is 4.74 Å². The van der Waals surface area contributed by atoms with Gasteiger partial charge in [-0.2, -0.15) is 0 Å². The van der Waals surface area contributed by atoms with Gasteiger partial charge in [-0.1, -0.05) is 12.1 Å². The zero-order valence-electron chi connectivity index (χ0n) is 12.9. The van der Waals surface area contributed by atoms with E-state index in [0.29, 0.717) is 0 Å². The highest BCUT2D eigenvalue weighted by atomic mass is 19.4. The Kier molecular flexibility index (Phi) is 5.68. The van der Waals surface area contributed by atoms with Crippen molar-refractivity contribution in [2.45, 2.75) is 31.5 Å². The second kappa shape index (κ2) is 7.37. The minimum Gasteiger partial charge on any atom is -0.405 e. The quantitative estimate of drug-likeness (QED) is 0.853. The number of halogens is 3. The summed E-state index contributed by atoms with van der Waals surface area (Å²) in [6.45, 7) is 1.62. The van der Waals surface area contributed by atoms with Gasteiger partial charge in [0.2, 0.25) is 0 Å². The first-order valence-corrected chi connectivity index (χ1v) is 7.34. The van der Waals surface area contributed by atoms with Crippen LogP contribution in [0.25, 0.3) is 0 Å². The number of alkyl halides is 3. The van der Waals surface area contributed by atoms with E-state index in [4.69, 9.17) is 4.74 Å². The number of rotatable bonds is 4. The van der Waals surface area contributed by atoms with E-state index in [0.717, 1.165) is 11.0 Å². The zero-order valence-corrected chi connectivity index (χ0v) is 12.9. The van der Waals surface area contributed by atoms with Gasteiger partial charge in [0, 0.05) is 6.54 Å². The van der Waals surface area contributed by atoms with Crippen molar-refractivity contribution >= 4 is 5.91 Å². The summed E-state index contributed by atoms with van der Waals surface area (Å²) in [6.07, 6.45) is -7.36. The SMILES string of the molecule is CCN(C(=O)c1ccccc1OC(F)(F)F)[C@@H]1COC[C@@H](O)[C@H]1O. The van der Waals surface area contributed by atoms with Gasteiger partial charge >= 0.3 is 6.36 Å². The molecule has 0 radical (unpaired) electrons. The van der Waals surface area contributed by atoms with Gasteiger partial charge in [0.1, 0.15) is 18.0 Å². The van der Waals surface area contributed by atoms with Crippen molar-refractivity contribution in [1.82, 2.24) is 4.90 Å². The monoisotopic (exact) mass is 349 g/mol. The standard InChI is InChI=1S/C15H18F3NO5/c1-2-19(10-7-23-8-11(20)13(10)21)14(22)9-5-3-4-6-12(9)24-15(16,17)18/h3-6,10-11,13,20-21H,2,7-8H2,1H3/t10-,11-,13+/m1/s1. The van der Waals surface area contributed by atoms with Crippen LogP contribution in [0.15, 0.2) is 24.3 Å². The number of carbonyl (C=O) groups excluding carboxylic acids is 1. The molecular weight excluding hydrogens is 331 g/mol.